The third-order valence-electron chi connectivity index (χ3n) is 5.80. The van der Waals surface area contributed by atoms with Crippen LogP contribution in [0, 0.1) is 18.6 Å². The van der Waals surface area contributed by atoms with E-state index in [0.29, 0.717) is 11.3 Å². The minimum Gasteiger partial charge on any atom is -0.385 e. The van der Waals surface area contributed by atoms with E-state index in [-0.39, 0.29) is 43.0 Å². The Morgan fingerprint density at radius 2 is 1.72 bits per heavy atom. The van der Waals surface area contributed by atoms with Crippen LogP contribution in [-0.4, -0.2) is 33.0 Å². The fraction of sp³-hybridized carbons (Fsp3) is 0.364. The molecule has 3 heterocycles. The van der Waals surface area contributed by atoms with Crippen molar-refractivity contribution in [3.05, 3.63) is 65.0 Å². The third kappa shape index (κ3) is 4.19. The molecule has 0 amide bonds. The van der Waals surface area contributed by atoms with Crippen molar-refractivity contribution >= 4 is 5.82 Å². The van der Waals surface area contributed by atoms with E-state index in [4.69, 9.17) is 0 Å². The van der Waals surface area contributed by atoms with Crippen molar-refractivity contribution < 1.29 is 27.1 Å². The fourth-order valence-electron chi connectivity index (χ4n) is 4.01. The number of halogens is 5. The first-order valence-corrected chi connectivity index (χ1v) is 9.99. The van der Waals surface area contributed by atoms with Gasteiger partial charge in [0, 0.05) is 31.9 Å². The first-order chi connectivity index (χ1) is 15.0. The van der Waals surface area contributed by atoms with Crippen LogP contribution in [0.15, 0.2) is 36.5 Å². The van der Waals surface area contributed by atoms with E-state index < -0.39 is 29.0 Å². The second-order valence-corrected chi connectivity index (χ2v) is 8.05. The van der Waals surface area contributed by atoms with Crippen molar-refractivity contribution in [2.75, 3.05) is 18.0 Å². The van der Waals surface area contributed by atoms with E-state index in [1.54, 1.807) is 25.1 Å². The van der Waals surface area contributed by atoms with E-state index in [0.717, 1.165) is 24.3 Å². The molecule has 10 heteroatoms. The van der Waals surface area contributed by atoms with Gasteiger partial charge in [0.2, 0.25) is 0 Å². The van der Waals surface area contributed by atoms with Crippen molar-refractivity contribution in [1.82, 2.24) is 14.8 Å². The number of aliphatic hydroxyl groups is 1. The molecular weight excluding hydrogens is 431 g/mol. The van der Waals surface area contributed by atoms with Crippen molar-refractivity contribution in [2.45, 2.75) is 31.5 Å². The van der Waals surface area contributed by atoms with Gasteiger partial charge in [-0.15, -0.1) is 0 Å². The van der Waals surface area contributed by atoms with Gasteiger partial charge in [0.05, 0.1) is 22.6 Å². The first kappa shape index (κ1) is 22.2. The van der Waals surface area contributed by atoms with E-state index in [9.17, 15) is 27.1 Å². The Bertz CT molecular complexity index is 1150. The van der Waals surface area contributed by atoms with Crippen LogP contribution < -0.4 is 4.90 Å². The summed E-state index contributed by atoms with van der Waals surface area (Å²) < 4.78 is 69.1. The van der Waals surface area contributed by atoms with Gasteiger partial charge in [-0.1, -0.05) is 6.07 Å². The molecule has 1 N–H and O–H groups in total. The minimum absolute atomic E-state index is 0.122. The molecule has 1 saturated heterocycles. The molecule has 32 heavy (non-hydrogen) atoms. The largest absolute Gasteiger partial charge is 0.416 e. The molecule has 0 spiro atoms. The molecule has 0 saturated carbocycles. The average molecular weight is 452 g/mol. The summed E-state index contributed by atoms with van der Waals surface area (Å²) in [5.41, 5.74) is -0.800. The second-order valence-electron chi connectivity index (χ2n) is 8.05. The molecule has 170 valence electrons. The number of anilines is 1. The standard InChI is InChI=1S/C22H21F5N4O/c1-13-16(12-30(2)29-13)19-10-15(22(25,26)27)11-20(28-19)31-7-5-21(32,6-8-31)14-3-4-17(23)18(24)9-14/h3-4,9-12,32H,5-8H2,1-2H3. The maximum atomic E-state index is 13.6. The molecule has 0 aliphatic carbocycles. The highest BCUT2D eigenvalue weighted by molar-refractivity contribution is 5.65. The van der Waals surface area contributed by atoms with Crippen LogP contribution in [0.25, 0.3) is 11.3 Å². The molecule has 0 bridgehead atoms. The monoisotopic (exact) mass is 452 g/mol. The highest BCUT2D eigenvalue weighted by atomic mass is 19.4. The maximum absolute atomic E-state index is 13.6. The highest BCUT2D eigenvalue weighted by Gasteiger charge is 2.37. The number of rotatable bonds is 3. The number of piperidine rings is 1. The molecule has 1 aromatic carbocycles. The van der Waals surface area contributed by atoms with Crippen molar-refractivity contribution in [2.24, 2.45) is 7.05 Å². The van der Waals surface area contributed by atoms with E-state index in [2.05, 4.69) is 10.1 Å². The Balaban J connectivity index is 1.64. The minimum atomic E-state index is -4.56. The maximum Gasteiger partial charge on any atom is 0.416 e. The summed E-state index contributed by atoms with van der Waals surface area (Å²) in [6.07, 6.45) is -2.71. The van der Waals surface area contributed by atoms with Gasteiger partial charge in [-0.2, -0.15) is 18.3 Å². The topological polar surface area (TPSA) is 54.2 Å². The first-order valence-electron chi connectivity index (χ1n) is 9.99. The molecule has 5 nitrogen and oxygen atoms in total. The summed E-state index contributed by atoms with van der Waals surface area (Å²) in [5.74, 6) is -1.94. The lowest BCUT2D eigenvalue weighted by atomic mass is 9.84. The molecule has 1 fully saturated rings. The number of aromatic nitrogens is 3. The van der Waals surface area contributed by atoms with Gasteiger partial charge >= 0.3 is 6.18 Å². The molecule has 0 atom stereocenters. The number of aryl methyl sites for hydroxylation is 2. The second kappa shape index (κ2) is 7.84. The van der Waals surface area contributed by atoms with Crippen molar-refractivity contribution in [1.29, 1.82) is 0 Å². The predicted molar refractivity (Wildman–Crippen MR) is 108 cm³/mol. The van der Waals surface area contributed by atoms with E-state index in [1.807, 2.05) is 0 Å². The molecule has 1 aliphatic rings. The van der Waals surface area contributed by atoms with E-state index in [1.165, 1.54) is 10.7 Å². The van der Waals surface area contributed by atoms with Crippen LogP contribution in [0.5, 0.6) is 0 Å². The molecule has 0 radical (unpaired) electrons. The van der Waals surface area contributed by atoms with Crippen molar-refractivity contribution in [3.8, 4) is 11.3 Å². The quantitative estimate of drug-likeness (QED) is 0.592. The van der Waals surface area contributed by atoms with Gasteiger partial charge in [-0.05, 0) is 49.6 Å². The zero-order chi connectivity index (χ0) is 23.3. The fourth-order valence-corrected chi connectivity index (χ4v) is 4.01. The number of benzene rings is 1. The zero-order valence-corrected chi connectivity index (χ0v) is 17.4. The van der Waals surface area contributed by atoms with Crippen LogP contribution in [0.1, 0.15) is 29.7 Å². The summed E-state index contributed by atoms with van der Waals surface area (Å²) in [4.78, 5) is 6.09. The summed E-state index contributed by atoms with van der Waals surface area (Å²) in [6, 6.07) is 5.20. The van der Waals surface area contributed by atoms with Gasteiger partial charge < -0.3 is 10.0 Å². The molecular formula is C22H21F5N4O. The zero-order valence-electron chi connectivity index (χ0n) is 17.4. The Hall–Kier alpha value is -3.01. The Morgan fingerprint density at radius 3 is 2.28 bits per heavy atom. The number of nitrogens with zero attached hydrogens (tertiary/aromatic N) is 4. The van der Waals surface area contributed by atoms with Gasteiger partial charge in [-0.25, -0.2) is 13.8 Å². The van der Waals surface area contributed by atoms with Gasteiger partial charge in [0.15, 0.2) is 11.6 Å². The van der Waals surface area contributed by atoms with Crippen molar-refractivity contribution in [3.63, 3.8) is 0 Å². The Morgan fingerprint density at radius 1 is 1.03 bits per heavy atom. The Kier molecular flexibility index (Phi) is 5.44. The van der Waals surface area contributed by atoms with Gasteiger partial charge in [0.1, 0.15) is 5.82 Å². The van der Waals surface area contributed by atoms with Gasteiger partial charge in [-0.3, -0.25) is 4.68 Å². The molecule has 1 aliphatic heterocycles. The predicted octanol–water partition coefficient (Wildman–Crippen LogP) is 4.58. The summed E-state index contributed by atoms with van der Waals surface area (Å²) in [6.45, 7) is 2.07. The lowest BCUT2D eigenvalue weighted by molar-refractivity contribution is -0.137. The third-order valence-corrected chi connectivity index (χ3v) is 5.80. The molecule has 4 rings (SSSR count). The summed E-state index contributed by atoms with van der Waals surface area (Å²) >= 11 is 0. The Labute approximate surface area is 181 Å². The van der Waals surface area contributed by atoms with Gasteiger partial charge in [0.25, 0.3) is 0 Å². The van der Waals surface area contributed by atoms with Crippen LogP contribution in [0.3, 0.4) is 0 Å². The van der Waals surface area contributed by atoms with Crippen LogP contribution in [-0.2, 0) is 18.8 Å². The summed E-state index contributed by atoms with van der Waals surface area (Å²) in [5, 5.41) is 15.1. The number of alkyl halides is 3. The number of pyridine rings is 1. The smallest absolute Gasteiger partial charge is 0.385 e. The number of hydrogen-bond acceptors (Lipinski definition) is 4. The molecule has 3 aromatic rings. The normalized spacial score (nSPS) is 16.4. The van der Waals surface area contributed by atoms with Crippen LogP contribution >= 0.6 is 0 Å². The van der Waals surface area contributed by atoms with Crippen LogP contribution in [0.4, 0.5) is 27.8 Å². The average Bonchev–Trinajstić information content (AvgIpc) is 3.07. The summed E-state index contributed by atoms with van der Waals surface area (Å²) in [7, 11) is 1.68. The lowest BCUT2D eigenvalue weighted by Gasteiger charge is -2.39. The lowest BCUT2D eigenvalue weighted by Crippen LogP contribution is -2.43. The number of hydrogen-bond donors (Lipinski definition) is 1. The van der Waals surface area contributed by atoms with Crippen LogP contribution in [0.2, 0.25) is 0 Å². The van der Waals surface area contributed by atoms with E-state index >= 15 is 0 Å². The highest BCUT2D eigenvalue weighted by Crippen LogP contribution is 2.38. The molecule has 0 unspecified atom stereocenters. The molecule has 2 aromatic heterocycles. The SMILES string of the molecule is Cc1nn(C)cc1-c1cc(C(F)(F)F)cc(N2CCC(O)(c3ccc(F)c(F)c3)CC2)n1.